The molecule has 1 fully saturated rings. The van der Waals surface area contributed by atoms with Gasteiger partial charge in [-0.15, -0.1) is 10.2 Å². The molecule has 10 heteroatoms. The molecular weight excluding hydrogens is 360 g/mol. The zero-order valence-corrected chi connectivity index (χ0v) is 13.4. The first kappa shape index (κ1) is 14.5. The standard InChI is InChI=1S/C11H13BrN6O2S/c12-9-5-3-6-10(13-9)21(19,20)18-7-2-1-4-8(18)11-14-16-17-15-11/h3,5-6,8H,1-2,4,7H2,(H,14,15,16,17). The molecule has 2 aromatic rings. The fourth-order valence-corrected chi connectivity index (χ4v) is 4.48. The molecule has 0 bridgehead atoms. The minimum absolute atomic E-state index is 0.0206. The van der Waals surface area contributed by atoms with Crippen LogP contribution in [-0.2, 0) is 10.0 Å². The predicted octanol–water partition coefficient (Wildman–Crippen LogP) is 1.27. The lowest BCUT2D eigenvalue weighted by Crippen LogP contribution is -2.39. The number of piperidine rings is 1. The first-order valence-corrected chi connectivity index (χ1v) is 8.70. The van der Waals surface area contributed by atoms with Crippen LogP contribution < -0.4 is 0 Å². The topological polar surface area (TPSA) is 105 Å². The van der Waals surface area contributed by atoms with Crippen molar-refractivity contribution in [1.82, 2.24) is 29.9 Å². The number of pyridine rings is 1. The molecular formula is C11H13BrN6O2S. The van der Waals surface area contributed by atoms with Crippen molar-refractivity contribution in [3.63, 3.8) is 0 Å². The fraction of sp³-hybridized carbons (Fsp3) is 0.455. The number of aromatic nitrogens is 5. The largest absolute Gasteiger partial charge is 0.261 e. The first-order valence-electron chi connectivity index (χ1n) is 6.47. The Morgan fingerprint density at radius 1 is 1.33 bits per heavy atom. The first-order chi connectivity index (χ1) is 10.1. The Bertz CT molecular complexity index is 720. The van der Waals surface area contributed by atoms with E-state index in [9.17, 15) is 8.42 Å². The number of H-pyrrole nitrogens is 1. The lowest BCUT2D eigenvalue weighted by molar-refractivity contribution is 0.246. The number of aromatic amines is 1. The van der Waals surface area contributed by atoms with Crippen LogP contribution in [0.3, 0.4) is 0 Å². The molecule has 0 aromatic carbocycles. The molecule has 1 atom stereocenters. The summed E-state index contributed by atoms with van der Waals surface area (Å²) in [7, 11) is -3.69. The molecule has 1 aliphatic heterocycles. The monoisotopic (exact) mass is 372 g/mol. The minimum Gasteiger partial charge on any atom is -0.228 e. The van der Waals surface area contributed by atoms with E-state index in [1.165, 1.54) is 10.4 Å². The average molecular weight is 373 g/mol. The molecule has 3 heterocycles. The molecule has 21 heavy (non-hydrogen) atoms. The number of rotatable bonds is 3. The van der Waals surface area contributed by atoms with Crippen molar-refractivity contribution in [3.8, 4) is 0 Å². The molecule has 1 N–H and O–H groups in total. The summed E-state index contributed by atoms with van der Waals surface area (Å²) in [6, 6.07) is 4.42. The summed E-state index contributed by atoms with van der Waals surface area (Å²) in [4.78, 5) is 4.06. The van der Waals surface area contributed by atoms with Gasteiger partial charge in [0.05, 0.1) is 6.04 Å². The number of sulfonamides is 1. The van der Waals surface area contributed by atoms with Crippen molar-refractivity contribution < 1.29 is 8.42 Å². The van der Waals surface area contributed by atoms with Gasteiger partial charge in [0, 0.05) is 6.54 Å². The van der Waals surface area contributed by atoms with Crippen LogP contribution in [0.15, 0.2) is 27.8 Å². The highest BCUT2D eigenvalue weighted by Gasteiger charge is 2.37. The van der Waals surface area contributed by atoms with Crippen molar-refractivity contribution in [2.24, 2.45) is 0 Å². The zero-order valence-electron chi connectivity index (χ0n) is 11.0. The lowest BCUT2D eigenvalue weighted by atomic mass is 10.0. The Morgan fingerprint density at radius 3 is 2.90 bits per heavy atom. The van der Waals surface area contributed by atoms with Crippen LogP contribution in [0.2, 0.25) is 0 Å². The third-order valence-corrected chi connectivity index (χ3v) is 5.63. The second kappa shape index (κ2) is 5.78. The molecule has 0 radical (unpaired) electrons. The molecule has 0 spiro atoms. The Kier molecular flexibility index (Phi) is 4.00. The molecule has 1 aliphatic rings. The highest BCUT2D eigenvalue weighted by atomic mass is 79.9. The van der Waals surface area contributed by atoms with Crippen molar-refractivity contribution in [3.05, 3.63) is 28.6 Å². The minimum atomic E-state index is -3.69. The van der Waals surface area contributed by atoms with Crippen molar-refractivity contribution in [1.29, 1.82) is 0 Å². The van der Waals surface area contributed by atoms with E-state index in [1.54, 1.807) is 12.1 Å². The SMILES string of the molecule is O=S(=O)(c1cccc(Br)n1)N1CCCCC1c1nn[nH]n1. The smallest absolute Gasteiger partial charge is 0.228 e. The molecule has 1 unspecified atom stereocenters. The Balaban J connectivity index is 1.99. The van der Waals surface area contributed by atoms with Crippen LogP contribution in [0.5, 0.6) is 0 Å². The van der Waals surface area contributed by atoms with Gasteiger partial charge in [0.2, 0.25) is 0 Å². The summed E-state index contributed by atoms with van der Waals surface area (Å²) in [6.07, 6.45) is 2.41. The van der Waals surface area contributed by atoms with Gasteiger partial charge in [0.1, 0.15) is 4.60 Å². The molecule has 3 rings (SSSR count). The zero-order chi connectivity index (χ0) is 14.9. The molecule has 112 valence electrons. The lowest BCUT2D eigenvalue weighted by Gasteiger charge is -2.32. The summed E-state index contributed by atoms with van der Waals surface area (Å²) in [6.45, 7) is 0.426. The Hall–Kier alpha value is -1.39. The molecule has 8 nitrogen and oxygen atoms in total. The van der Waals surface area contributed by atoms with Crippen LogP contribution in [0.1, 0.15) is 31.1 Å². The van der Waals surface area contributed by atoms with Crippen LogP contribution in [0.4, 0.5) is 0 Å². The van der Waals surface area contributed by atoms with Gasteiger partial charge in [-0.3, -0.25) is 0 Å². The van der Waals surface area contributed by atoms with E-state index in [2.05, 4.69) is 41.5 Å². The van der Waals surface area contributed by atoms with Crippen LogP contribution in [-0.4, -0.2) is 44.9 Å². The second-order valence-electron chi connectivity index (χ2n) is 4.70. The van der Waals surface area contributed by atoms with Crippen LogP contribution in [0.25, 0.3) is 0 Å². The maximum absolute atomic E-state index is 12.8. The Morgan fingerprint density at radius 2 is 2.19 bits per heavy atom. The third-order valence-electron chi connectivity index (χ3n) is 3.38. The summed E-state index contributed by atoms with van der Waals surface area (Å²) < 4.78 is 27.5. The number of halogens is 1. The normalized spacial score (nSPS) is 20.5. The van der Waals surface area contributed by atoms with Gasteiger partial charge in [-0.2, -0.15) is 9.52 Å². The highest BCUT2D eigenvalue weighted by molar-refractivity contribution is 9.10. The molecule has 2 aromatic heterocycles. The van der Waals surface area contributed by atoms with Gasteiger partial charge in [-0.25, -0.2) is 13.4 Å². The molecule has 0 saturated carbocycles. The molecule has 0 aliphatic carbocycles. The van der Waals surface area contributed by atoms with Gasteiger partial charge in [0.25, 0.3) is 10.0 Å². The third kappa shape index (κ3) is 2.83. The van der Waals surface area contributed by atoms with Crippen molar-refractivity contribution in [2.75, 3.05) is 6.54 Å². The van der Waals surface area contributed by atoms with Crippen LogP contribution in [0, 0.1) is 0 Å². The quantitative estimate of drug-likeness (QED) is 0.813. The van der Waals surface area contributed by atoms with Gasteiger partial charge >= 0.3 is 0 Å². The van der Waals surface area contributed by atoms with Crippen LogP contribution >= 0.6 is 15.9 Å². The number of hydrogen-bond donors (Lipinski definition) is 1. The van der Waals surface area contributed by atoms with Gasteiger partial charge in [-0.1, -0.05) is 17.7 Å². The van der Waals surface area contributed by atoms with E-state index in [0.717, 1.165) is 12.8 Å². The summed E-state index contributed by atoms with van der Waals surface area (Å²) in [5, 5.41) is 13.8. The summed E-state index contributed by atoms with van der Waals surface area (Å²) >= 11 is 3.20. The second-order valence-corrected chi connectivity index (χ2v) is 7.35. The van der Waals surface area contributed by atoms with E-state index in [4.69, 9.17) is 0 Å². The number of hydrogen-bond acceptors (Lipinski definition) is 6. The predicted molar refractivity (Wildman–Crippen MR) is 76.6 cm³/mol. The average Bonchev–Trinajstić information content (AvgIpc) is 3.01. The van der Waals surface area contributed by atoms with E-state index in [1.807, 2.05) is 0 Å². The van der Waals surface area contributed by atoms with Crippen molar-refractivity contribution in [2.45, 2.75) is 30.3 Å². The van der Waals surface area contributed by atoms with Gasteiger partial charge in [0.15, 0.2) is 10.9 Å². The number of tetrazole rings is 1. The van der Waals surface area contributed by atoms with E-state index in [-0.39, 0.29) is 5.03 Å². The van der Waals surface area contributed by atoms with E-state index < -0.39 is 16.1 Å². The van der Waals surface area contributed by atoms with Crippen molar-refractivity contribution >= 4 is 26.0 Å². The van der Waals surface area contributed by atoms with Gasteiger partial charge < -0.3 is 0 Å². The van der Waals surface area contributed by atoms with Gasteiger partial charge in [-0.05, 0) is 40.9 Å². The highest BCUT2D eigenvalue weighted by Crippen LogP contribution is 2.33. The fourth-order valence-electron chi connectivity index (χ4n) is 2.41. The maximum atomic E-state index is 12.8. The maximum Gasteiger partial charge on any atom is 0.261 e. The Labute approximate surface area is 130 Å². The van der Waals surface area contributed by atoms with E-state index in [0.29, 0.717) is 23.4 Å². The number of nitrogens with one attached hydrogen (secondary N) is 1. The van der Waals surface area contributed by atoms with E-state index >= 15 is 0 Å². The number of nitrogens with zero attached hydrogens (tertiary/aromatic N) is 5. The molecule has 0 amide bonds. The summed E-state index contributed by atoms with van der Waals surface area (Å²) in [5.41, 5.74) is 0. The molecule has 1 saturated heterocycles. The summed E-state index contributed by atoms with van der Waals surface area (Å²) in [5.74, 6) is 0.397.